The van der Waals surface area contributed by atoms with Gasteiger partial charge < -0.3 is 10.1 Å². The summed E-state index contributed by atoms with van der Waals surface area (Å²) in [4.78, 5) is 4.58. The van der Waals surface area contributed by atoms with Gasteiger partial charge in [0.15, 0.2) is 0 Å². The summed E-state index contributed by atoms with van der Waals surface area (Å²) in [5, 5.41) is 4.95. The van der Waals surface area contributed by atoms with Gasteiger partial charge in [-0.3, -0.25) is 4.98 Å². The van der Waals surface area contributed by atoms with Crippen LogP contribution in [0.4, 0.5) is 5.69 Å². The molecule has 1 aliphatic rings. The number of aryl methyl sites for hydroxylation is 2. The highest BCUT2D eigenvalue weighted by atomic mass is 16.5. The van der Waals surface area contributed by atoms with Gasteiger partial charge in [0, 0.05) is 30.4 Å². The van der Waals surface area contributed by atoms with Crippen molar-refractivity contribution in [3.05, 3.63) is 35.5 Å². The van der Waals surface area contributed by atoms with Crippen molar-refractivity contribution >= 4 is 16.6 Å². The number of pyridine rings is 1. The van der Waals surface area contributed by atoms with Crippen LogP contribution in [0.3, 0.4) is 0 Å². The number of nitrogens with zero attached hydrogens (tertiary/aromatic N) is 1. The van der Waals surface area contributed by atoms with Crippen LogP contribution in [0.15, 0.2) is 24.4 Å². The molecule has 0 aliphatic heterocycles. The fourth-order valence-electron chi connectivity index (χ4n) is 3.15. The molecule has 2 aromatic rings. The Hall–Kier alpha value is -1.61. The fourth-order valence-corrected chi connectivity index (χ4v) is 3.15. The molecule has 106 valence electrons. The summed E-state index contributed by atoms with van der Waals surface area (Å²) in [6.45, 7) is 4.24. The maximum absolute atomic E-state index is 5.46. The third-order valence-electron chi connectivity index (χ3n) is 4.36. The van der Waals surface area contributed by atoms with E-state index in [9.17, 15) is 0 Å². The first-order chi connectivity index (χ1) is 9.69. The monoisotopic (exact) mass is 270 g/mol. The van der Waals surface area contributed by atoms with Gasteiger partial charge in [0.1, 0.15) is 0 Å². The Morgan fingerprint density at radius 1 is 1.20 bits per heavy atom. The number of methoxy groups -OCH3 is 1. The van der Waals surface area contributed by atoms with Gasteiger partial charge in [-0.05, 0) is 44.2 Å². The standard InChI is InChI=1S/C17H22N2O/c1-11-5-4-6-15-16(11)18-10-12(2)17(15)19-13-7-8-14(9-13)20-3/h4-6,10,13-14H,7-9H2,1-3H3,(H,18,19). The fraction of sp³-hybridized carbons (Fsp3) is 0.471. The topological polar surface area (TPSA) is 34.1 Å². The van der Waals surface area contributed by atoms with E-state index >= 15 is 0 Å². The molecular weight excluding hydrogens is 248 g/mol. The second-order valence-corrected chi connectivity index (χ2v) is 5.80. The lowest BCUT2D eigenvalue weighted by Crippen LogP contribution is -2.18. The normalized spacial score (nSPS) is 22.4. The van der Waals surface area contributed by atoms with Crippen molar-refractivity contribution in [1.82, 2.24) is 4.98 Å². The van der Waals surface area contributed by atoms with E-state index in [1.54, 1.807) is 0 Å². The van der Waals surface area contributed by atoms with E-state index < -0.39 is 0 Å². The molecule has 1 heterocycles. The SMILES string of the molecule is COC1CCC(Nc2c(C)cnc3c(C)cccc23)C1. The van der Waals surface area contributed by atoms with E-state index in [1.807, 2.05) is 13.3 Å². The number of hydrogen-bond donors (Lipinski definition) is 1. The first kappa shape index (κ1) is 13.4. The Bertz CT molecular complexity index is 624. The number of hydrogen-bond acceptors (Lipinski definition) is 3. The Kier molecular flexibility index (Phi) is 3.62. The van der Waals surface area contributed by atoms with Crippen molar-refractivity contribution in [3.8, 4) is 0 Å². The predicted octanol–water partition coefficient (Wildman–Crippen LogP) is 3.83. The summed E-state index contributed by atoms with van der Waals surface area (Å²) in [6, 6.07) is 6.89. The molecule has 3 heteroatoms. The molecule has 1 N–H and O–H groups in total. The van der Waals surface area contributed by atoms with E-state index in [2.05, 4.69) is 42.3 Å². The van der Waals surface area contributed by atoms with E-state index in [4.69, 9.17) is 4.74 Å². The van der Waals surface area contributed by atoms with Crippen LogP contribution in [0, 0.1) is 13.8 Å². The molecule has 1 aromatic carbocycles. The highest BCUT2D eigenvalue weighted by Gasteiger charge is 2.25. The van der Waals surface area contributed by atoms with Crippen LogP contribution in [-0.2, 0) is 4.74 Å². The minimum atomic E-state index is 0.405. The lowest BCUT2D eigenvalue weighted by atomic mass is 10.1. The zero-order valence-corrected chi connectivity index (χ0v) is 12.4. The minimum absolute atomic E-state index is 0.405. The maximum atomic E-state index is 5.46. The summed E-state index contributed by atoms with van der Waals surface area (Å²) in [5.41, 5.74) is 4.78. The van der Waals surface area contributed by atoms with Crippen molar-refractivity contribution in [2.45, 2.75) is 45.3 Å². The van der Waals surface area contributed by atoms with Crippen LogP contribution in [0.1, 0.15) is 30.4 Å². The lowest BCUT2D eigenvalue weighted by Gasteiger charge is -2.18. The predicted molar refractivity (Wildman–Crippen MR) is 83.3 cm³/mol. The molecule has 0 saturated heterocycles. The average molecular weight is 270 g/mol. The van der Waals surface area contributed by atoms with Crippen molar-refractivity contribution in [1.29, 1.82) is 0 Å². The summed E-state index contributed by atoms with van der Waals surface area (Å²) < 4.78 is 5.46. The number of ether oxygens (including phenoxy) is 1. The number of benzene rings is 1. The van der Waals surface area contributed by atoms with E-state index in [1.165, 1.54) is 28.6 Å². The van der Waals surface area contributed by atoms with Crippen LogP contribution in [-0.4, -0.2) is 24.2 Å². The average Bonchev–Trinajstić information content (AvgIpc) is 2.90. The first-order valence-corrected chi connectivity index (χ1v) is 7.33. The molecule has 1 aliphatic carbocycles. The molecule has 3 nitrogen and oxygen atoms in total. The van der Waals surface area contributed by atoms with Crippen LogP contribution < -0.4 is 5.32 Å². The molecule has 1 fully saturated rings. The maximum Gasteiger partial charge on any atom is 0.0752 e. The van der Waals surface area contributed by atoms with Gasteiger partial charge in [-0.15, -0.1) is 0 Å². The molecule has 2 unspecified atom stereocenters. The number of para-hydroxylation sites is 1. The van der Waals surface area contributed by atoms with Gasteiger partial charge in [-0.25, -0.2) is 0 Å². The molecular formula is C17H22N2O. The zero-order valence-electron chi connectivity index (χ0n) is 12.4. The Balaban J connectivity index is 1.95. The van der Waals surface area contributed by atoms with Gasteiger partial charge in [-0.2, -0.15) is 0 Å². The molecule has 20 heavy (non-hydrogen) atoms. The lowest BCUT2D eigenvalue weighted by molar-refractivity contribution is 0.108. The number of rotatable bonds is 3. The second kappa shape index (κ2) is 5.41. The van der Waals surface area contributed by atoms with Crippen molar-refractivity contribution in [3.63, 3.8) is 0 Å². The smallest absolute Gasteiger partial charge is 0.0752 e. The number of fused-ring (bicyclic) bond motifs is 1. The highest BCUT2D eigenvalue weighted by molar-refractivity contribution is 5.94. The highest BCUT2D eigenvalue weighted by Crippen LogP contribution is 2.31. The zero-order chi connectivity index (χ0) is 14.1. The van der Waals surface area contributed by atoms with Gasteiger partial charge >= 0.3 is 0 Å². The van der Waals surface area contributed by atoms with Gasteiger partial charge in [0.2, 0.25) is 0 Å². The summed E-state index contributed by atoms with van der Waals surface area (Å²) >= 11 is 0. The minimum Gasteiger partial charge on any atom is -0.381 e. The van der Waals surface area contributed by atoms with Crippen LogP contribution in [0.2, 0.25) is 0 Å². The second-order valence-electron chi connectivity index (χ2n) is 5.80. The van der Waals surface area contributed by atoms with Crippen LogP contribution >= 0.6 is 0 Å². The quantitative estimate of drug-likeness (QED) is 0.920. The number of nitrogens with one attached hydrogen (secondary N) is 1. The molecule has 1 saturated carbocycles. The largest absolute Gasteiger partial charge is 0.381 e. The Morgan fingerprint density at radius 3 is 2.80 bits per heavy atom. The summed E-state index contributed by atoms with van der Waals surface area (Å²) in [6.07, 6.45) is 5.79. The molecule has 3 rings (SSSR count). The third-order valence-corrected chi connectivity index (χ3v) is 4.36. The van der Waals surface area contributed by atoms with Crippen LogP contribution in [0.25, 0.3) is 10.9 Å². The summed E-state index contributed by atoms with van der Waals surface area (Å²) in [5.74, 6) is 0. The molecule has 1 aromatic heterocycles. The van der Waals surface area contributed by atoms with Gasteiger partial charge in [-0.1, -0.05) is 18.2 Å². The van der Waals surface area contributed by atoms with E-state index in [0.717, 1.165) is 18.4 Å². The van der Waals surface area contributed by atoms with Crippen molar-refractivity contribution in [2.75, 3.05) is 12.4 Å². The van der Waals surface area contributed by atoms with Gasteiger partial charge in [0.05, 0.1) is 11.6 Å². The van der Waals surface area contributed by atoms with Gasteiger partial charge in [0.25, 0.3) is 0 Å². The number of aromatic nitrogens is 1. The Labute approximate surface area is 120 Å². The number of anilines is 1. The molecule has 0 radical (unpaired) electrons. The first-order valence-electron chi connectivity index (χ1n) is 7.33. The van der Waals surface area contributed by atoms with E-state index in [-0.39, 0.29) is 0 Å². The van der Waals surface area contributed by atoms with Crippen molar-refractivity contribution in [2.24, 2.45) is 0 Å². The molecule has 0 amide bonds. The summed E-state index contributed by atoms with van der Waals surface area (Å²) in [7, 11) is 1.81. The molecule has 2 atom stereocenters. The van der Waals surface area contributed by atoms with Crippen molar-refractivity contribution < 1.29 is 4.74 Å². The van der Waals surface area contributed by atoms with Crippen LogP contribution in [0.5, 0.6) is 0 Å². The molecule has 0 spiro atoms. The molecule has 0 bridgehead atoms. The van der Waals surface area contributed by atoms with E-state index in [0.29, 0.717) is 12.1 Å². The Morgan fingerprint density at radius 2 is 2.05 bits per heavy atom. The third kappa shape index (κ3) is 2.38.